The highest BCUT2D eigenvalue weighted by Gasteiger charge is 2.34. The van der Waals surface area contributed by atoms with Gasteiger partial charge in [-0.05, 0) is 35.9 Å². The number of methoxy groups -OCH3 is 1. The highest BCUT2D eigenvalue weighted by Crippen LogP contribution is 2.49. The number of phenolic OH excluding ortho intramolecular Hbond substituents is 2. The zero-order valence-corrected chi connectivity index (χ0v) is 17.0. The SMILES string of the molecule is COc1ccc(OC(=O)N2CCNCC2)c2c1C(=O)/C(=C/c1ccc(O)c(O)c1)S2. The molecule has 1 saturated heterocycles. The van der Waals surface area contributed by atoms with Crippen LogP contribution in [0.15, 0.2) is 40.1 Å². The van der Waals surface area contributed by atoms with E-state index in [0.717, 1.165) is 0 Å². The van der Waals surface area contributed by atoms with E-state index in [2.05, 4.69) is 5.32 Å². The van der Waals surface area contributed by atoms with Crippen LogP contribution in [0.4, 0.5) is 4.79 Å². The van der Waals surface area contributed by atoms with Gasteiger partial charge in [-0.2, -0.15) is 0 Å². The third kappa shape index (κ3) is 3.81. The van der Waals surface area contributed by atoms with Crippen LogP contribution in [-0.2, 0) is 0 Å². The summed E-state index contributed by atoms with van der Waals surface area (Å²) in [5, 5.41) is 22.4. The highest BCUT2D eigenvalue weighted by atomic mass is 32.2. The second kappa shape index (κ2) is 8.29. The van der Waals surface area contributed by atoms with E-state index in [-0.39, 0.29) is 17.3 Å². The maximum atomic E-state index is 13.0. The molecule has 0 atom stereocenters. The average Bonchev–Trinajstić information content (AvgIpc) is 3.08. The summed E-state index contributed by atoms with van der Waals surface area (Å²) in [5.74, 6) is -0.0966. The summed E-state index contributed by atoms with van der Waals surface area (Å²) < 4.78 is 11.0. The zero-order valence-electron chi connectivity index (χ0n) is 16.2. The Kier molecular flexibility index (Phi) is 5.56. The van der Waals surface area contributed by atoms with Crippen molar-refractivity contribution in [2.24, 2.45) is 0 Å². The molecule has 2 aromatic carbocycles. The third-order valence-electron chi connectivity index (χ3n) is 4.84. The zero-order chi connectivity index (χ0) is 21.3. The minimum atomic E-state index is -0.460. The van der Waals surface area contributed by atoms with Crippen LogP contribution in [0.25, 0.3) is 6.08 Å². The van der Waals surface area contributed by atoms with E-state index >= 15 is 0 Å². The van der Waals surface area contributed by atoms with Crippen LogP contribution in [0.2, 0.25) is 0 Å². The van der Waals surface area contributed by atoms with Crippen molar-refractivity contribution in [3.05, 3.63) is 46.4 Å². The molecule has 8 nitrogen and oxygen atoms in total. The van der Waals surface area contributed by atoms with Crippen LogP contribution >= 0.6 is 11.8 Å². The summed E-state index contributed by atoms with van der Waals surface area (Å²) in [6, 6.07) is 7.52. The van der Waals surface area contributed by atoms with Gasteiger partial charge < -0.3 is 29.9 Å². The molecule has 3 N–H and O–H groups in total. The molecule has 0 radical (unpaired) electrons. The number of benzene rings is 2. The standard InChI is InChI=1S/C21H20N2O6S/c1-28-15-4-5-16(29-21(27)23-8-6-22-7-9-23)20-18(15)19(26)17(30-20)11-12-2-3-13(24)14(25)10-12/h2-5,10-11,22,24-25H,6-9H2,1H3/b17-11-. The van der Waals surface area contributed by atoms with Crippen LogP contribution in [0.3, 0.4) is 0 Å². The lowest BCUT2D eigenvalue weighted by Crippen LogP contribution is -2.47. The van der Waals surface area contributed by atoms with Gasteiger partial charge in [-0.3, -0.25) is 4.79 Å². The van der Waals surface area contributed by atoms with Crippen molar-refractivity contribution in [1.82, 2.24) is 10.2 Å². The normalized spacial score (nSPS) is 17.2. The number of Topliss-reactive ketones (excluding diaryl/α,β-unsaturated/α-hetero) is 1. The molecule has 9 heteroatoms. The maximum Gasteiger partial charge on any atom is 0.415 e. The van der Waals surface area contributed by atoms with Gasteiger partial charge in [0.15, 0.2) is 11.5 Å². The molecular weight excluding hydrogens is 408 g/mol. The molecule has 0 spiro atoms. The van der Waals surface area contributed by atoms with Gasteiger partial charge in [0.25, 0.3) is 0 Å². The van der Waals surface area contributed by atoms with Gasteiger partial charge in [0.1, 0.15) is 11.5 Å². The molecule has 0 saturated carbocycles. The molecule has 156 valence electrons. The minimum absolute atomic E-state index is 0.241. The van der Waals surface area contributed by atoms with Crippen molar-refractivity contribution in [2.75, 3.05) is 33.3 Å². The predicted octanol–water partition coefficient (Wildman–Crippen LogP) is 2.84. The molecule has 4 rings (SSSR count). The fraction of sp³-hybridized carbons (Fsp3) is 0.238. The molecule has 0 bridgehead atoms. The smallest absolute Gasteiger partial charge is 0.415 e. The number of ketones is 1. The number of aromatic hydroxyl groups is 2. The second-order valence-corrected chi connectivity index (χ2v) is 7.82. The molecule has 1 amide bonds. The van der Waals surface area contributed by atoms with Crippen LogP contribution in [0.1, 0.15) is 15.9 Å². The summed E-state index contributed by atoms with van der Waals surface area (Å²) in [7, 11) is 1.47. The van der Waals surface area contributed by atoms with Gasteiger partial charge in [0.2, 0.25) is 5.78 Å². The highest BCUT2D eigenvalue weighted by molar-refractivity contribution is 8.05. The average molecular weight is 428 g/mol. The molecule has 0 aliphatic carbocycles. The first-order valence-electron chi connectivity index (χ1n) is 9.32. The summed E-state index contributed by atoms with van der Waals surface area (Å²) in [6.07, 6.45) is 1.14. The molecule has 0 unspecified atom stereocenters. The number of hydrogen-bond acceptors (Lipinski definition) is 8. The monoisotopic (exact) mass is 428 g/mol. The van der Waals surface area contributed by atoms with E-state index in [1.54, 1.807) is 29.2 Å². The van der Waals surface area contributed by atoms with Crippen LogP contribution in [0.5, 0.6) is 23.0 Å². The number of nitrogens with one attached hydrogen (secondary N) is 1. The first-order valence-corrected chi connectivity index (χ1v) is 10.1. The Labute approximate surface area is 177 Å². The lowest BCUT2D eigenvalue weighted by molar-refractivity contribution is 0.104. The summed E-state index contributed by atoms with van der Waals surface area (Å²) in [5.41, 5.74) is 0.884. The Morgan fingerprint density at radius 3 is 2.57 bits per heavy atom. The van der Waals surface area contributed by atoms with Gasteiger partial charge >= 0.3 is 6.09 Å². The van der Waals surface area contributed by atoms with Gasteiger partial charge in [0.05, 0.1) is 22.5 Å². The summed E-state index contributed by atoms with van der Waals surface area (Å²) >= 11 is 1.17. The fourth-order valence-electron chi connectivity index (χ4n) is 3.27. The first-order chi connectivity index (χ1) is 14.5. The van der Waals surface area contributed by atoms with Crippen LogP contribution in [0, 0.1) is 0 Å². The Bertz CT molecular complexity index is 1050. The predicted molar refractivity (Wildman–Crippen MR) is 111 cm³/mol. The number of nitrogens with zero attached hydrogens (tertiary/aromatic N) is 1. The number of phenols is 2. The largest absolute Gasteiger partial charge is 0.504 e. The van der Waals surface area contributed by atoms with Crippen molar-refractivity contribution in [3.63, 3.8) is 0 Å². The van der Waals surface area contributed by atoms with E-state index in [1.165, 1.54) is 31.0 Å². The van der Waals surface area contributed by atoms with E-state index in [1.807, 2.05) is 0 Å². The lowest BCUT2D eigenvalue weighted by Gasteiger charge is -2.26. The number of carbonyl (C=O) groups excluding carboxylic acids is 2. The van der Waals surface area contributed by atoms with Gasteiger partial charge in [-0.15, -0.1) is 0 Å². The minimum Gasteiger partial charge on any atom is -0.504 e. The van der Waals surface area contributed by atoms with Crippen molar-refractivity contribution >= 4 is 29.7 Å². The Hall–Kier alpha value is -3.17. The van der Waals surface area contributed by atoms with E-state index in [0.29, 0.717) is 58.6 Å². The maximum absolute atomic E-state index is 13.0. The number of amides is 1. The number of allylic oxidation sites excluding steroid dienone is 1. The molecule has 0 aromatic heterocycles. The molecule has 2 heterocycles. The Morgan fingerprint density at radius 2 is 1.87 bits per heavy atom. The van der Waals surface area contributed by atoms with Gasteiger partial charge in [-0.1, -0.05) is 17.8 Å². The second-order valence-electron chi connectivity index (χ2n) is 6.76. The van der Waals surface area contributed by atoms with E-state index < -0.39 is 6.09 Å². The summed E-state index contributed by atoms with van der Waals surface area (Å²) in [6.45, 7) is 2.52. The number of fused-ring (bicyclic) bond motifs is 1. The molecular formula is C21H20N2O6S. The van der Waals surface area contributed by atoms with Crippen molar-refractivity contribution < 1.29 is 29.3 Å². The topological polar surface area (TPSA) is 108 Å². The van der Waals surface area contributed by atoms with Crippen LogP contribution in [-0.4, -0.2) is 60.3 Å². The number of carbonyl (C=O) groups is 2. The number of piperazine rings is 1. The number of rotatable bonds is 3. The molecule has 30 heavy (non-hydrogen) atoms. The molecule has 2 aliphatic rings. The van der Waals surface area contributed by atoms with Crippen molar-refractivity contribution in [3.8, 4) is 23.0 Å². The van der Waals surface area contributed by atoms with Crippen LogP contribution < -0.4 is 14.8 Å². The van der Waals surface area contributed by atoms with Crippen molar-refractivity contribution in [2.45, 2.75) is 4.90 Å². The van der Waals surface area contributed by atoms with Crippen molar-refractivity contribution in [1.29, 1.82) is 0 Å². The Morgan fingerprint density at radius 1 is 1.13 bits per heavy atom. The molecule has 2 aromatic rings. The van der Waals surface area contributed by atoms with E-state index in [4.69, 9.17) is 9.47 Å². The number of thioether (sulfide) groups is 1. The van der Waals surface area contributed by atoms with Gasteiger partial charge in [0, 0.05) is 26.2 Å². The fourth-order valence-corrected chi connectivity index (χ4v) is 4.39. The lowest BCUT2D eigenvalue weighted by atomic mass is 10.1. The Balaban J connectivity index is 1.65. The quantitative estimate of drug-likeness (QED) is 0.506. The summed E-state index contributed by atoms with van der Waals surface area (Å²) in [4.78, 5) is 28.1. The molecule has 2 aliphatic heterocycles. The van der Waals surface area contributed by atoms with Gasteiger partial charge in [-0.25, -0.2) is 4.79 Å². The van der Waals surface area contributed by atoms with E-state index in [9.17, 15) is 19.8 Å². The third-order valence-corrected chi connectivity index (χ3v) is 5.97. The number of hydrogen-bond donors (Lipinski definition) is 3. The molecule has 1 fully saturated rings. The number of ether oxygens (including phenoxy) is 2. The first kappa shape index (κ1) is 20.1.